The van der Waals surface area contributed by atoms with Gasteiger partial charge in [0.2, 0.25) is 17.6 Å². The van der Waals surface area contributed by atoms with Crippen molar-refractivity contribution in [2.24, 2.45) is 0 Å². The van der Waals surface area contributed by atoms with Crippen molar-refractivity contribution in [2.75, 3.05) is 5.32 Å². The van der Waals surface area contributed by atoms with Crippen molar-refractivity contribution in [1.29, 1.82) is 0 Å². The number of carbonyl (C=O) groups excluding carboxylic acids is 1. The Morgan fingerprint density at radius 2 is 2.00 bits per heavy atom. The molecule has 138 valence electrons. The van der Waals surface area contributed by atoms with Gasteiger partial charge in [0.15, 0.2) is 0 Å². The van der Waals surface area contributed by atoms with Gasteiger partial charge >= 0.3 is 0 Å². The molecule has 0 saturated carbocycles. The molecule has 3 aromatic rings. The highest BCUT2D eigenvalue weighted by Crippen LogP contribution is 2.22. The second-order valence-electron chi connectivity index (χ2n) is 6.04. The molecule has 0 saturated heterocycles. The molecule has 8 heteroatoms. The Hall–Kier alpha value is -3.55. The molecule has 1 heterocycles. The lowest BCUT2D eigenvalue weighted by atomic mass is 10.1. The number of nitro groups is 1. The first-order valence-corrected chi connectivity index (χ1v) is 8.46. The fourth-order valence-corrected chi connectivity index (χ4v) is 2.53. The first kappa shape index (κ1) is 18.2. The van der Waals surface area contributed by atoms with Gasteiger partial charge in [-0.25, -0.2) is 0 Å². The quantitative estimate of drug-likeness (QED) is 0.501. The van der Waals surface area contributed by atoms with E-state index in [1.165, 1.54) is 12.1 Å². The summed E-state index contributed by atoms with van der Waals surface area (Å²) in [5, 5.41) is 17.5. The normalized spacial score (nSPS) is 10.6. The van der Waals surface area contributed by atoms with Crippen molar-refractivity contribution in [2.45, 2.75) is 26.2 Å². The Balaban J connectivity index is 1.52. The van der Waals surface area contributed by atoms with Gasteiger partial charge in [-0.1, -0.05) is 41.6 Å². The number of rotatable bonds is 7. The summed E-state index contributed by atoms with van der Waals surface area (Å²) in [6, 6.07) is 13.9. The maximum absolute atomic E-state index is 12.1. The summed E-state index contributed by atoms with van der Waals surface area (Å²) in [7, 11) is 0. The van der Waals surface area contributed by atoms with E-state index in [1.54, 1.807) is 13.0 Å². The number of amides is 1. The highest BCUT2D eigenvalue weighted by Gasteiger charge is 2.12. The molecule has 0 atom stereocenters. The van der Waals surface area contributed by atoms with Crippen molar-refractivity contribution in [3.8, 4) is 11.4 Å². The smallest absolute Gasteiger partial charge is 0.271 e. The number of carbonyl (C=O) groups is 1. The largest absolute Gasteiger partial charge is 0.339 e. The number of anilines is 1. The van der Waals surface area contributed by atoms with Gasteiger partial charge < -0.3 is 9.84 Å². The zero-order valence-electron chi connectivity index (χ0n) is 14.7. The van der Waals surface area contributed by atoms with Crippen molar-refractivity contribution in [3.05, 3.63) is 70.1 Å². The average molecular weight is 366 g/mol. The van der Waals surface area contributed by atoms with Crippen LogP contribution >= 0.6 is 0 Å². The standard InChI is InChI=1S/C19H18N4O4/c1-13-10-11-15(23(25)26)12-16(13)20-17(24)8-5-9-18-21-19(22-27-18)14-6-3-2-4-7-14/h2-4,6-7,10-12H,5,8-9H2,1H3,(H,20,24). The van der Waals surface area contributed by atoms with Gasteiger partial charge in [0.05, 0.1) is 10.6 Å². The lowest BCUT2D eigenvalue weighted by Crippen LogP contribution is -2.12. The number of aromatic nitrogens is 2. The molecule has 1 amide bonds. The number of nitrogens with one attached hydrogen (secondary N) is 1. The molecule has 0 aliphatic heterocycles. The number of aryl methyl sites for hydroxylation is 2. The summed E-state index contributed by atoms with van der Waals surface area (Å²) in [4.78, 5) is 26.8. The lowest BCUT2D eigenvalue weighted by molar-refractivity contribution is -0.384. The predicted molar refractivity (Wildman–Crippen MR) is 99.1 cm³/mol. The fraction of sp³-hybridized carbons (Fsp3) is 0.211. The molecule has 0 unspecified atom stereocenters. The molecule has 3 rings (SSSR count). The number of hydrogen-bond donors (Lipinski definition) is 1. The van der Waals surface area contributed by atoms with Crippen LogP contribution in [-0.4, -0.2) is 21.0 Å². The van der Waals surface area contributed by atoms with E-state index >= 15 is 0 Å². The van der Waals surface area contributed by atoms with Gasteiger partial charge in [0.25, 0.3) is 5.69 Å². The third-order valence-electron chi connectivity index (χ3n) is 4.00. The van der Waals surface area contributed by atoms with E-state index in [-0.39, 0.29) is 18.0 Å². The summed E-state index contributed by atoms with van der Waals surface area (Å²) in [6.07, 6.45) is 1.24. The molecule has 0 bridgehead atoms. The third-order valence-corrected chi connectivity index (χ3v) is 4.00. The maximum atomic E-state index is 12.1. The fourth-order valence-electron chi connectivity index (χ4n) is 2.53. The Morgan fingerprint density at radius 1 is 1.22 bits per heavy atom. The first-order chi connectivity index (χ1) is 13.0. The molecule has 0 fully saturated rings. The van der Waals surface area contributed by atoms with Crippen molar-refractivity contribution < 1.29 is 14.2 Å². The van der Waals surface area contributed by atoms with Gasteiger partial charge in [-0.15, -0.1) is 0 Å². The van der Waals surface area contributed by atoms with E-state index in [0.717, 1.165) is 11.1 Å². The summed E-state index contributed by atoms with van der Waals surface area (Å²) < 4.78 is 5.21. The summed E-state index contributed by atoms with van der Waals surface area (Å²) in [5.41, 5.74) is 2.01. The van der Waals surface area contributed by atoms with Crippen LogP contribution < -0.4 is 5.32 Å². The van der Waals surface area contributed by atoms with Crippen LogP contribution in [0.15, 0.2) is 53.1 Å². The number of non-ortho nitro benzene ring substituents is 1. The molecule has 27 heavy (non-hydrogen) atoms. The van der Waals surface area contributed by atoms with Crippen LogP contribution in [-0.2, 0) is 11.2 Å². The Morgan fingerprint density at radius 3 is 2.74 bits per heavy atom. The summed E-state index contributed by atoms with van der Waals surface area (Å²) in [6.45, 7) is 1.78. The van der Waals surface area contributed by atoms with Crippen molar-refractivity contribution >= 4 is 17.3 Å². The zero-order valence-corrected chi connectivity index (χ0v) is 14.7. The lowest BCUT2D eigenvalue weighted by Gasteiger charge is -2.07. The van der Waals surface area contributed by atoms with Gasteiger partial charge in [-0.05, 0) is 18.9 Å². The molecule has 8 nitrogen and oxygen atoms in total. The van der Waals surface area contributed by atoms with E-state index in [9.17, 15) is 14.9 Å². The number of nitrogens with zero attached hydrogens (tertiary/aromatic N) is 3. The second-order valence-corrected chi connectivity index (χ2v) is 6.04. The molecule has 1 N–H and O–H groups in total. The van der Waals surface area contributed by atoms with Crippen LogP contribution in [0.5, 0.6) is 0 Å². The molecule has 0 aliphatic carbocycles. The molecule has 2 aromatic carbocycles. The van der Waals surface area contributed by atoms with Gasteiger partial charge in [0, 0.05) is 30.5 Å². The zero-order chi connectivity index (χ0) is 19.2. The number of nitro benzene ring substituents is 1. The topological polar surface area (TPSA) is 111 Å². The van der Waals surface area contributed by atoms with Gasteiger partial charge in [-0.2, -0.15) is 4.98 Å². The van der Waals surface area contributed by atoms with E-state index in [0.29, 0.717) is 30.2 Å². The van der Waals surface area contributed by atoms with Crippen LogP contribution in [0.2, 0.25) is 0 Å². The maximum Gasteiger partial charge on any atom is 0.271 e. The minimum Gasteiger partial charge on any atom is -0.339 e. The Bertz CT molecular complexity index is 953. The highest BCUT2D eigenvalue weighted by molar-refractivity contribution is 5.91. The molecule has 0 spiro atoms. The molecule has 0 aliphatic rings. The molecule has 1 aromatic heterocycles. The third kappa shape index (κ3) is 4.75. The number of hydrogen-bond acceptors (Lipinski definition) is 6. The van der Waals surface area contributed by atoms with Crippen LogP contribution in [0, 0.1) is 17.0 Å². The van der Waals surface area contributed by atoms with Crippen LogP contribution in [0.25, 0.3) is 11.4 Å². The van der Waals surface area contributed by atoms with Gasteiger partial charge in [-0.3, -0.25) is 14.9 Å². The van der Waals surface area contributed by atoms with Crippen LogP contribution in [0.1, 0.15) is 24.3 Å². The van der Waals surface area contributed by atoms with E-state index in [4.69, 9.17) is 4.52 Å². The minimum absolute atomic E-state index is 0.0600. The van der Waals surface area contributed by atoms with E-state index in [2.05, 4.69) is 15.5 Å². The summed E-state index contributed by atoms with van der Waals surface area (Å²) >= 11 is 0. The average Bonchev–Trinajstić information content (AvgIpc) is 3.13. The molecular formula is C19H18N4O4. The SMILES string of the molecule is Cc1ccc([N+](=O)[O-])cc1NC(=O)CCCc1nc(-c2ccccc2)no1. The van der Waals surface area contributed by atoms with Crippen molar-refractivity contribution in [3.63, 3.8) is 0 Å². The monoisotopic (exact) mass is 366 g/mol. The highest BCUT2D eigenvalue weighted by atomic mass is 16.6. The van der Waals surface area contributed by atoms with Crippen LogP contribution in [0.4, 0.5) is 11.4 Å². The molecule has 0 radical (unpaired) electrons. The van der Waals surface area contributed by atoms with Gasteiger partial charge in [0.1, 0.15) is 0 Å². The Labute approximate surface area is 155 Å². The Kier molecular flexibility index (Phi) is 5.55. The predicted octanol–water partition coefficient (Wildman–Crippen LogP) is 3.91. The van der Waals surface area contributed by atoms with E-state index in [1.807, 2.05) is 30.3 Å². The van der Waals surface area contributed by atoms with E-state index < -0.39 is 4.92 Å². The second kappa shape index (κ2) is 8.22. The minimum atomic E-state index is -0.491. The first-order valence-electron chi connectivity index (χ1n) is 8.46. The number of benzene rings is 2. The molecular weight excluding hydrogens is 348 g/mol. The summed E-state index contributed by atoms with van der Waals surface area (Å²) in [5.74, 6) is 0.761. The van der Waals surface area contributed by atoms with Crippen LogP contribution in [0.3, 0.4) is 0 Å². The van der Waals surface area contributed by atoms with Crippen molar-refractivity contribution in [1.82, 2.24) is 10.1 Å².